The fraction of sp³-hybridized carbons (Fsp3) is 1.00. The molecule has 2 aliphatic heterocycles. The van der Waals surface area contributed by atoms with Crippen molar-refractivity contribution < 1.29 is 0 Å². The zero-order chi connectivity index (χ0) is 9.22. The summed E-state index contributed by atoms with van der Waals surface area (Å²) < 4.78 is 0. The highest BCUT2D eigenvalue weighted by Gasteiger charge is 2.55. The molecule has 1 nitrogen and oxygen atoms in total. The van der Waals surface area contributed by atoms with E-state index in [9.17, 15) is 0 Å². The molecule has 0 aromatic heterocycles. The van der Waals surface area contributed by atoms with Crippen molar-refractivity contribution in [1.29, 1.82) is 0 Å². The first kappa shape index (κ1) is 8.28. The van der Waals surface area contributed by atoms with Gasteiger partial charge < -0.3 is 4.90 Å². The van der Waals surface area contributed by atoms with Crippen molar-refractivity contribution in [1.82, 2.24) is 4.90 Å². The zero-order valence-electron chi connectivity index (χ0n) is 9.09. The molecule has 2 heterocycles. The zero-order valence-corrected chi connectivity index (χ0v) is 9.09. The molecule has 0 aromatic carbocycles. The lowest BCUT2D eigenvalue weighted by atomic mass is 9.52. The van der Waals surface area contributed by atoms with Crippen molar-refractivity contribution >= 4 is 0 Å². The van der Waals surface area contributed by atoms with Crippen LogP contribution in [0.15, 0.2) is 0 Å². The molecule has 2 aliphatic carbocycles. The lowest BCUT2D eigenvalue weighted by Gasteiger charge is -2.63. The third-order valence-corrected chi connectivity index (χ3v) is 5.41. The van der Waals surface area contributed by atoms with E-state index in [1.54, 1.807) is 0 Å². The highest BCUT2D eigenvalue weighted by atomic mass is 15.2. The molecule has 13 heavy (non-hydrogen) atoms. The molecule has 0 radical (unpaired) electrons. The monoisotopic (exact) mass is 179 g/mol. The summed E-state index contributed by atoms with van der Waals surface area (Å²) in [7, 11) is 2.35. The van der Waals surface area contributed by atoms with Crippen LogP contribution in [0.25, 0.3) is 0 Å². The van der Waals surface area contributed by atoms with Gasteiger partial charge in [0.15, 0.2) is 0 Å². The van der Waals surface area contributed by atoms with E-state index in [0.29, 0.717) is 5.41 Å². The minimum absolute atomic E-state index is 0.697. The minimum Gasteiger partial charge on any atom is -0.300 e. The predicted molar refractivity (Wildman–Crippen MR) is 54.6 cm³/mol. The number of nitrogens with zero attached hydrogens (tertiary/aromatic N) is 1. The first-order chi connectivity index (χ1) is 6.10. The number of rotatable bonds is 0. The summed E-state index contributed by atoms with van der Waals surface area (Å²) in [6.45, 7) is 5.02. The van der Waals surface area contributed by atoms with E-state index in [-0.39, 0.29) is 0 Å². The van der Waals surface area contributed by atoms with E-state index in [4.69, 9.17) is 0 Å². The van der Waals surface area contributed by atoms with E-state index in [1.807, 2.05) is 0 Å². The van der Waals surface area contributed by atoms with Crippen LogP contribution < -0.4 is 0 Å². The smallest absolute Gasteiger partial charge is 0.0129 e. The second-order valence-electron chi connectivity index (χ2n) is 6.08. The van der Waals surface area contributed by atoms with Crippen LogP contribution in [0.2, 0.25) is 0 Å². The molecule has 0 aromatic rings. The Bertz CT molecular complexity index is 237. The Morgan fingerprint density at radius 1 is 1.23 bits per heavy atom. The summed E-state index contributed by atoms with van der Waals surface area (Å²) in [6, 6.07) is 1.84. The van der Waals surface area contributed by atoms with Crippen molar-refractivity contribution in [3.63, 3.8) is 0 Å². The van der Waals surface area contributed by atoms with Gasteiger partial charge in [-0.1, -0.05) is 13.8 Å². The average Bonchev–Trinajstić information content (AvgIpc) is 2.07. The molecular weight excluding hydrogens is 158 g/mol. The molecular formula is C12H21N. The van der Waals surface area contributed by atoms with Crippen LogP contribution in [-0.4, -0.2) is 24.0 Å². The van der Waals surface area contributed by atoms with Gasteiger partial charge in [-0.05, 0) is 50.0 Å². The molecule has 4 aliphatic rings. The van der Waals surface area contributed by atoms with Gasteiger partial charge in [-0.3, -0.25) is 0 Å². The average molecular weight is 179 g/mol. The SMILES string of the molecule is CC1C2CC3CC(CC1(C)C3)N2C. The molecule has 5 unspecified atom stereocenters. The molecule has 2 saturated carbocycles. The summed E-state index contributed by atoms with van der Waals surface area (Å²) in [5.41, 5.74) is 0.697. The highest BCUT2D eigenvalue weighted by molar-refractivity contribution is 5.07. The van der Waals surface area contributed by atoms with Gasteiger partial charge in [0, 0.05) is 12.1 Å². The van der Waals surface area contributed by atoms with Crippen LogP contribution in [0.4, 0.5) is 0 Å². The highest BCUT2D eigenvalue weighted by Crippen LogP contribution is 2.58. The fourth-order valence-corrected chi connectivity index (χ4v) is 4.49. The molecule has 4 bridgehead atoms. The molecule has 0 N–H and O–H groups in total. The molecule has 74 valence electrons. The maximum absolute atomic E-state index is 2.68. The Morgan fingerprint density at radius 3 is 2.77 bits per heavy atom. The van der Waals surface area contributed by atoms with Gasteiger partial charge in [0.05, 0.1) is 0 Å². The summed E-state index contributed by atoms with van der Waals surface area (Å²) in [5, 5.41) is 0. The van der Waals surface area contributed by atoms with E-state index < -0.39 is 0 Å². The van der Waals surface area contributed by atoms with E-state index in [2.05, 4.69) is 25.8 Å². The lowest BCUT2D eigenvalue weighted by molar-refractivity contribution is -0.129. The van der Waals surface area contributed by atoms with E-state index >= 15 is 0 Å². The summed E-state index contributed by atoms with van der Waals surface area (Å²) in [5.74, 6) is 2.01. The number of hydrogen-bond acceptors (Lipinski definition) is 1. The van der Waals surface area contributed by atoms with Gasteiger partial charge in [-0.15, -0.1) is 0 Å². The van der Waals surface area contributed by atoms with Crippen LogP contribution in [0.3, 0.4) is 0 Å². The van der Waals surface area contributed by atoms with Crippen LogP contribution in [-0.2, 0) is 0 Å². The van der Waals surface area contributed by atoms with Gasteiger partial charge in [0.25, 0.3) is 0 Å². The van der Waals surface area contributed by atoms with Gasteiger partial charge in [0.2, 0.25) is 0 Å². The third-order valence-electron chi connectivity index (χ3n) is 5.41. The minimum atomic E-state index is 0.697. The topological polar surface area (TPSA) is 3.24 Å². The second kappa shape index (κ2) is 2.31. The maximum Gasteiger partial charge on any atom is 0.0129 e. The Balaban J connectivity index is 1.99. The van der Waals surface area contributed by atoms with Gasteiger partial charge in [-0.2, -0.15) is 0 Å². The van der Waals surface area contributed by atoms with E-state index in [0.717, 1.165) is 23.9 Å². The molecule has 4 fully saturated rings. The normalized spacial score (nSPS) is 60.2. The predicted octanol–water partition coefficient (Wildman–Crippen LogP) is 2.52. The Morgan fingerprint density at radius 2 is 2.00 bits per heavy atom. The molecule has 0 amide bonds. The largest absolute Gasteiger partial charge is 0.300 e. The van der Waals surface area contributed by atoms with Crippen molar-refractivity contribution in [2.45, 2.75) is 51.6 Å². The van der Waals surface area contributed by atoms with Crippen molar-refractivity contribution in [2.24, 2.45) is 17.3 Å². The number of piperidine rings is 2. The molecule has 0 spiro atoms. The molecule has 4 rings (SSSR count). The summed E-state index contributed by atoms with van der Waals surface area (Å²) in [6.07, 6.45) is 5.98. The summed E-state index contributed by atoms with van der Waals surface area (Å²) >= 11 is 0. The molecule has 2 saturated heterocycles. The molecule has 5 atom stereocenters. The Kier molecular flexibility index (Phi) is 1.47. The van der Waals surface area contributed by atoms with Crippen LogP contribution in [0, 0.1) is 17.3 Å². The third kappa shape index (κ3) is 0.918. The first-order valence-electron chi connectivity index (χ1n) is 5.82. The van der Waals surface area contributed by atoms with Gasteiger partial charge >= 0.3 is 0 Å². The van der Waals surface area contributed by atoms with Crippen molar-refractivity contribution in [2.75, 3.05) is 7.05 Å². The van der Waals surface area contributed by atoms with Crippen LogP contribution in [0.5, 0.6) is 0 Å². The quantitative estimate of drug-likeness (QED) is 0.552. The second-order valence-corrected chi connectivity index (χ2v) is 6.08. The van der Waals surface area contributed by atoms with Crippen molar-refractivity contribution in [3.05, 3.63) is 0 Å². The van der Waals surface area contributed by atoms with Crippen LogP contribution >= 0.6 is 0 Å². The Labute approximate surface area is 81.5 Å². The summed E-state index contributed by atoms with van der Waals surface area (Å²) in [4.78, 5) is 2.68. The van der Waals surface area contributed by atoms with E-state index in [1.165, 1.54) is 25.7 Å². The fourth-order valence-electron chi connectivity index (χ4n) is 4.49. The van der Waals surface area contributed by atoms with Crippen molar-refractivity contribution in [3.8, 4) is 0 Å². The van der Waals surface area contributed by atoms with Gasteiger partial charge in [-0.25, -0.2) is 0 Å². The molecule has 1 heteroatoms. The van der Waals surface area contributed by atoms with Crippen LogP contribution in [0.1, 0.15) is 39.5 Å². The maximum atomic E-state index is 2.68. The lowest BCUT2D eigenvalue weighted by Crippen LogP contribution is -2.63. The number of hydrogen-bond donors (Lipinski definition) is 0. The first-order valence-corrected chi connectivity index (χ1v) is 5.82. The Hall–Kier alpha value is -0.0400. The van der Waals surface area contributed by atoms with Gasteiger partial charge in [0.1, 0.15) is 0 Å². The standard InChI is InChI=1S/C12H21N/c1-8-11-5-9-4-10(13(11)3)7-12(8,2)6-9/h8-11H,4-7H2,1-3H3.